The number of thioether (sulfide) groups is 1. The first-order valence-corrected chi connectivity index (χ1v) is 10.4. The molecule has 1 fully saturated rings. The Hall–Kier alpha value is -1.22. The molecule has 5 nitrogen and oxygen atoms in total. The summed E-state index contributed by atoms with van der Waals surface area (Å²) in [6.07, 6.45) is 8.16. The predicted octanol–water partition coefficient (Wildman–Crippen LogP) is 4.14. The van der Waals surface area contributed by atoms with Crippen LogP contribution in [0.2, 0.25) is 0 Å². The van der Waals surface area contributed by atoms with Crippen LogP contribution < -0.4 is 5.32 Å². The smallest absolute Gasteiger partial charge is 0.193 e. The first-order valence-electron chi connectivity index (χ1n) is 9.39. The lowest BCUT2D eigenvalue weighted by molar-refractivity contribution is 0.189. The van der Waals surface area contributed by atoms with Crippen molar-refractivity contribution in [2.24, 2.45) is 10.9 Å². The summed E-state index contributed by atoms with van der Waals surface area (Å²) in [5.74, 6) is 2.79. The Kier molecular flexibility index (Phi) is 9.47. The lowest BCUT2D eigenvalue weighted by Gasteiger charge is -2.39. The van der Waals surface area contributed by atoms with E-state index in [0.29, 0.717) is 12.0 Å². The zero-order chi connectivity index (χ0) is 18.2. The second kappa shape index (κ2) is 11.6. The summed E-state index contributed by atoms with van der Waals surface area (Å²) in [7, 11) is 1.88. The third-order valence-corrected chi connectivity index (χ3v) is 6.05. The Labute approximate surface area is 184 Å². The van der Waals surface area contributed by atoms with Gasteiger partial charge in [0.15, 0.2) is 5.96 Å². The molecule has 2 heterocycles. The van der Waals surface area contributed by atoms with E-state index in [-0.39, 0.29) is 24.0 Å². The molecule has 1 aliphatic rings. The first-order chi connectivity index (χ1) is 12.8. The number of nitrogens with one attached hydrogen (secondary N) is 1. The number of halogens is 1. The van der Waals surface area contributed by atoms with Crippen LogP contribution in [0.25, 0.3) is 0 Å². The second-order valence-corrected chi connectivity index (χ2v) is 7.95. The fourth-order valence-corrected chi connectivity index (χ4v) is 4.28. The van der Waals surface area contributed by atoms with E-state index in [1.807, 2.05) is 31.3 Å². The van der Waals surface area contributed by atoms with Crippen LogP contribution in [0, 0.1) is 5.92 Å². The van der Waals surface area contributed by atoms with Crippen LogP contribution in [0.4, 0.5) is 0 Å². The first kappa shape index (κ1) is 22.1. The molecule has 1 aromatic carbocycles. The molecule has 0 bridgehead atoms. The SMILES string of the molecule is CN=C(NCCCSc1ccccc1)N1CCC(C)C(n2ccnc2)C1.I. The molecule has 1 aliphatic heterocycles. The van der Waals surface area contributed by atoms with Crippen molar-refractivity contribution >= 4 is 41.7 Å². The number of rotatable bonds is 6. The molecule has 3 rings (SSSR count). The normalized spacial score (nSPS) is 20.2. The summed E-state index contributed by atoms with van der Waals surface area (Å²) in [6.45, 7) is 5.33. The Balaban J connectivity index is 0.00000261. The Morgan fingerprint density at radius 1 is 1.33 bits per heavy atom. The number of hydrogen-bond donors (Lipinski definition) is 1. The number of likely N-dealkylation sites (tertiary alicyclic amines) is 1. The number of imidazole rings is 1. The van der Waals surface area contributed by atoms with Gasteiger partial charge < -0.3 is 14.8 Å². The van der Waals surface area contributed by atoms with Crippen molar-refractivity contribution in [3.63, 3.8) is 0 Å². The van der Waals surface area contributed by atoms with Gasteiger partial charge in [0.05, 0.1) is 12.4 Å². The lowest BCUT2D eigenvalue weighted by atomic mass is 9.93. The van der Waals surface area contributed by atoms with Crippen LogP contribution in [-0.4, -0.2) is 52.8 Å². The van der Waals surface area contributed by atoms with Crippen molar-refractivity contribution in [1.29, 1.82) is 0 Å². The largest absolute Gasteiger partial charge is 0.356 e. The molecule has 2 atom stereocenters. The summed E-state index contributed by atoms with van der Waals surface area (Å²) < 4.78 is 2.24. The minimum absolute atomic E-state index is 0. The number of aromatic nitrogens is 2. The molecule has 0 amide bonds. The van der Waals surface area contributed by atoms with Crippen molar-refractivity contribution in [2.45, 2.75) is 30.7 Å². The Morgan fingerprint density at radius 3 is 2.85 bits per heavy atom. The second-order valence-electron chi connectivity index (χ2n) is 6.78. The topological polar surface area (TPSA) is 45.5 Å². The molecule has 27 heavy (non-hydrogen) atoms. The summed E-state index contributed by atoms with van der Waals surface area (Å²) in [5, 5.41) is 3.54. The molecule has 0 radical (unpaired) electrons. The number of nitrogens with zero attached hydrogens (tertiary/aromatic N) is 4. The maximum Gasteiger partial charge on any atom is 0.193 e. The van der Waals surface area contributed by atoms with Crippen LogP contribution in [0.3, 0.4) is 0 Å². The minimum atomic E-state index is 0. The average Bonchev–Trinajstić information content (AvgIpc) is 3.21. The minimum Gasteiger partial charge on any atom is -0.356 e. The van der Waals surface area contributed by atoms with E-state index >= 15 is 0 Å². The zero-order valence-electron chi connectivity index (χ0n) is 16.1. The van der Waals surface area contributed by atoms with Gasteiger partial charge in [0.1, 0.15) is 0 Å². The summed E-state index contributed by atoms with van der Waals surface area (Å²) >= 11 is 1.91. The number of guanidine groups is 1. The highest BCUT2D eigenvalue weighted by Gasteiger charge is 2.28. The van der Waals surface area contributed by atoms with Gasteiger partial charge in [-0.25, -0.2) is 4.98 Å². The van der Waals surface area contributed by atoms with Crippen LogP contribution >= 0.6 is 35.7 Å². The summed E-state index contributed by atoms with van der Waals surface area (Å²) in [5.41, 5.74) is 0. The zero-order valence-corrected chi connectivity index (χ0v) is 19.3. The van der Waals surface area contributed by atoms with Gasteiger partial charge in [0, 0.05) is 44.0 Å². The van der Waals surface area contributed by atoms with E-state index in [1.54, 1.807) is 0 Å². The Bertz CT molecular complexity index is 677. The van der Waals surface area contributed by atoms with Crippen LogP contribution in [0.1, 0.15) is 25.8 Å². The monoisotopic (exact) mass is 499 g/mol. The van der Waals surface area contributed by atoms with Gasteiger partial charge in [-0.05, 0) is 36.6 Å². The standard InChI is InChI=1S/C20H29N5S.HI/c1-17-9-12-24(15-19(17)25-13-11-22-16-25)20(21-2)23-10-6-14-26-18-7-4-3-5-8-18;/h3-5,7-8,11,13,16-17,19H,6,9-10,12,14-15H2,1-2H3,(H,21,23);1H. The van der Waals surface area contributed by atoms with Crippen molar-refractivity contribution in [3.8, 4) is 0 Å². The molecule has 0 spiro atoms. The molecule has 0 aliphatic carbocycles. The summed E-state index contributed by atoms with van der Waals surface area (Å²) in [6, 6.07) is 11.0. The van der Waals surface area contributed by atoms with Gasteiger partial charge in [-0.15, -0.1) is 35.7 Å². The van der Waals surface area contributed by atoms with Crippen LogP contribution in [0.5, 0.6) is 0 Å². The highest BCUT2D eigenvalue weighted by atomic mass is 127. The third-order valence-electron chi connectivity index (χ3n) is 4.95. The number of aliphatic imine (C=N–C) groups is 1. The molecule has 2 unspecified atom stereocenters. The van der Waals surface area contributed by atoms with Gasteiger partial charge in [-0.2, -0.15) is 0 Å². The highest BCUT2D eigenvalue weighted by Crippen LogP contribution is 2.27. The average molecular weight is 499 g/mol. The molecule has 1 saturated heterocycles. The lowest BCUT2D eigenvalue weighted by Crippen LogP contribution is -2.49. The summed E-state index contributed by atoms with van der Waals surface area (Å²) in [4.78, 5) is 12.4. The molecule has 148 valence electrons. The quantitative estimate of drug-likeness (QED) is 0.213. The van der Waals surface area contributed by atoms with Crippen LogP contribution in [-0.2, 0) is 0 Å². The van der Waals surface area contributed by atoms with Crippen molar-refractivity contribution < 1.29 is 0 Å². The molecular formula is C20H30IN5S. The van der Waals surface area contributed by atoms with Gasteiger partial charge in [0.25, 0.3) is 0 Å². The van der Waals surface area contributed by atoms with Crippen molar-refractivity contribution in [3.05, 3.63) is 49.1 Å². The van der Waals surface area contributed by atoms with Gasteiger partial charge in [-0.3, -0.25) is 4.99 Å². The van der Waals surface area contributed by atoms with E-state index < -0.39 is 0 Å². The van der Waals surface area contributed by atoms with Crippen molar-refractivity contribution in [1.82, 2.24) is 19.8 Å². The van der Waals surface area contributed by atoms with E-state index in [2.05, 4.69) is 68.2 Å². The van der Waals surface area contributed by atoms with Gasteiger partial charge in [-0.1, -0.05) is 25.1 Å². The predicted molar refractivity (Wildman–Crippen MR) is 125 cm³/mol. The fourth-order valence-electron chi connectivity index (χ4n) is 3.41. The number of piperidine rings is 1. The van der Waals surface area contributed by atoms with Gasteiger partial charge >= 0.3 is 0 Å². The van der Waals surface area contributed by atoms with E-state index in [0.717, 1.165) is 37.8 Å². The fraction of sp³-hybridized carbons (Fsp3) is 0.500. The molecular weight excluding hydrogens is 469 g/mol. The van der Waals surface area contributed by atoms with Crippen molar-refractivity contribution in [2.75, 3.05) is 32.4 Å². The van der Waals surface area contributed by atoms with E-state index in [4.69, 9.17) is 0 Å². The molecule has 2 aromatic rings. The number of hydrogen-bond acceptors (Lipinski definition) is 3. The third kappa shape index (κ3) is 6.41. The number of benzene rings is 1. The maximum atomic E-state index is 4.51. The molecule has 1 N–H and O–H groups in total. The van der Waals surface area contributed by atoms with Gasteiger partial charge in [0.2, 0.25) is 0 Å². The molecule has 0 saturated carbocycles. The highest BCUT2D eigenvalue weighted by molar-refractivity contribution is 14.0. The Morgan fingerprint density at radius 2 is 2.15 bits per heavy atom. The van der Waals surface area contributed by atoms with E-state index in [1.165, 1.54) is 11.3 Å². The van der Waals surface area contributed by atoms with E-state index in [9.17, 15) is 0 Å². The molecule has 1 aromatic heterocycles. The maximum absolute atomic E-state index is 4.51. The molecule has 7 heteroatoms. The van der Waals surface area contributed by atoms with Crippen LogP contribution in [0.15, 0.2) is 58.9 Å².